The van der Waals surface area contributed by atoms with Gasteiger partial charge in [-0.3, -0.25) is 24.0 Å². The van der Waals surface area contributed by atoms with Crippen molar-refractivity contribution < 1.29 is 19.1 Å². The minimum atomic E-state index is -0.668. The number of nitrogens with zero attached hydrogens (tertiary/aromatic N) is 4. The van der Waals surface area contributed by atoms with Crippen LogP contribution in [-0.4, -0.2) is 75.2 Å². The lowest BCUT2D eigenvalue weighted by Crippen LogP contribution is -2.62. The minimum Gasteiger partial charge on any atom is -0.444 e. The van der Waals surface area contributed by atoms with E-state index >= 15 is 0 Å². The maximum absolute atomic E-state index is 13.0. The number of rotatable bonds is 4. The van der Waals surface area contributed by atoms with E-state index in [1.807, 2.05) is 43.9 Å². The van der Waals surface area contributed by atoms with E-state index < -0.39 is 17.6 Å². The van der Waals surface area contributed by atoms with Gasteiger partial charge in [0, 0.05) is 38.5 Å². The molecule has 10 heteroatoms. The highest BCUT2D eigenvalue weighted by molar-refractivity contribution is 6.00. The third kappa shape index (κ3) is 5.03. The summed E-state index contributed by atoms with van der Waals surface area (Å²) in [5.74, 6) is -0.711. The summed E-state index contributed by atoms with van der Waals surface area (Å²) in [6.45, 7) is 10.2. The number of aryl methyl sites for hydroxylation is 1. The summed E-state index contributed by atoms with van der Waals surface area (Å²) in [6.07, 6.45) is 3.37. The highest BCUT2D eigenvalue weighted by Crippen LogP contribution is 2.41. The van der Waals surface area contributed by atoms with Crippen LogP contribution in [-0.2, 0) is 27.8 Å². The minimum absolute atomic E-state index is 0.211. The average Bonchev–Trinajstić information content (AvgIpc) is 3.05. The van der Waals surface area contributed by atoms with Crippen molar-refractivity contribution in [3.05, 3.63) is 34.2 Å². The molecule has 0 aliphatic carbocycles. The van der Waals surface area contributed by atoms with E-state index in [-0.39, 0.29) is 29.5 Å². The van der Waals surface area contributed by atoms with Crippen LogP contribution in [0.5, 0.6) is 0 Å². The molecular formula is C27H37N5O5. The van der Waals surface area contributed by atoms with E-state index in [4.69, 9.17) is 4.74 Å². The Kier molecular flexibility index (Phi) is 6.42. The summed E-state index contributed by atoms with van der Waals surface area (Å²) in [4.78, 5) is 53.5. The Hall–Kier alpha value is -3.14. The monoisotopic (exact) mass is 511 g/mol. The second-order valence-electron chi connectivity index (χ2n) is 11.9. The predicted octanol–water partition coefficient (Wildman–Crippen LogP) is 2.19. The molecule has 0 saturated carbocycles. The molecule has 200 valence electrons. The quantitative estimate of drug-likeness (QED) is 0.631. The lowest BCUT2D eigenvalue weighted by molar-refractivity contribution is -0.135. The first-order chi connectivity index (χ1) is 17.4. The number of nitrogens with one attached hydrogen (secondary N) is 1. The SMILES string of the molecule is Cn1c(=O)n(C2CCC(=O)NC2=O)c2ccc(CCN3CCC4(CC3)CN(C(=O)OC(C)(C)C)C4)cc21. The van der Waals surface area contributed by atoms with Crippen LogP contribution >= 0.6 is 0 Å². The number of carbonyl (C=O) groups excluding carboxylic acids is 3. The fraction of sp³-hybridized carbons (Fsp3) is 0.630. The lowest BCUT2D eigenvalue weighted by atomic mass is 9.72. The van der Waals surface area contributed by atoms with Crippen molar-refractivity contribution >= 4 is 28.9 Å². The Labute approximate surface area is 216 Å². The molecule has 37 heavy (non-hydrogen) atoms. The van der Waals surface area contributed by atoms with Crippen molar-refractivity contribution in [2.45, 2.75) is 64.5 Å². The molecule has 3 amide bonds. The molecule has 3 saturated heterocycles. The third-order valence-corrected chi connectivity index (χ3v) is 8.01. The van der Waals surface area contributed by atoms with Gasteiger partial charge in [0.2, 0.25) is 11.8 Å². The number of amides is 3. The predicted molar refractivity (Wildman–Crippen MR) is 138 cm³/mol. The zero-order valence-electron chi connectivity index (χ0n) is 22.2. The summed E-state index contributed by atoms with van der Waals surface area (Å²) in [5.41, 5.74) is 2.16. The molecular weight excluding hydrogens is 474 g/mol. The van der Waals surface area contributed by atoms with Gasteiger partial charge in [-0.15, -0.1) is 0 Å². The molecule has 3 aliphatic heterocycles. The maximum atomic E-state index is 13.0. The smallest absolute Gasteiger partial charge is 0.410 e. The van der Waals surface area contributed by atoms with Crippen molar-refractivity contribution in [2.75, 3.05) is 32.7 Å². The largest absolute Gasteiger partial charge is 0.444 e. The summed E-state index contributed by atoms with van der Waals surface area (Å²) in [5, 5.41) is 2.35. The molecule has 1 spiro atoms. The Morgan fingerprint density at radius 2 is 1.81 bits per heavy atom. The molecule has 1 N–H and O–H groups in total. The third-order valence-electron chi connectivity index (χ3n) is 8.01. The fourth-order valence-electron chi connectivity index (χ4n) is 5.87. The molecule has 3 aliphatic rings. The van der Waals surface area contributed by atoms with Crippen molar-refractivity contribution in [3.63, 3.8) is 0 Å². The van der Waals surface area contributed by atoms with E-state index in [9.17, 15) is 19.2 Å². The lowest BCUT2D eigenvalue weighted by Gasteiger charge is -2.53. The number of piperidine rings is 2. The van der Waals surface area contributed by atoms with Gasteiger partial charge in [-0.2, -0.15) is 0 Å². The van der Waals surface area contributed by atoms with Gasteiger partial charge in [-0.05, 0) is 77.2 Å². The van der Waals surface area contributed by atoms with Gasteiger partial charge in [0.25, 0.3) is 0 Å². The molecule has 1 atom stereocenters. The van der Waals surface area contributed by atoms with E-state index in [1.54, 1.807) is 11.6 Å². The van der Waals surface area contributed by atoms with E-state index in [0.717, 1.165) is 63.1 Å². The molecule has 1 aromatic carbocycles. The Morgan fingerprint density at radius 1 is 1.11 bits per heavy atom. The van der Waals surface area contributed by atoms with Crippen molar-refractivity contribution in [1.29, 1.82) is 0 Å². The van der Waals surface area contributed by atoms with Crippen LogP contribution in [0.1, 0.15) is 58.1 Å². The zero-order valence-corrected chi connectivity index (χ0v) is 22.2. The topological polar surface area (TPSA) is 106 Å². The fourth-order valence-corrected chi connectivity index (χ4v) is 5.87. The standard InChI is InChI=1S/C27H37N5O5/c1-26(2,3)37-25(36)31-16-27(17-31)10-13-30(14-11-27)12-9-18-5-6-19-21(15-18)29(4)24(35)32(19)20-7-8-22(33)28-23(20)34/h5-6,15,20H,7-14,16-17H2,1-4H3,(H,28,33,34). The molecule has 5 rings (SSSR count). The average molecular weight is 512 g/mol. The number of imide groups is 1. The number of aromatic nitrogens is 2. The Morgan fingerprint density at radius 3 is 2.46 bits per heavy atom. The molecule has 4 heterocycles. The van der Waals surface area contributed by atoms with Gasteiger partial charge in [-0.25, -0.2) is 9.59 Å². The molecule has 0 radical (unpaired) electrons. The van der Waals surface area contributed by atoms with Crippen LogP contribution in [0.2, 0.25) is 0 Å². The number of carbonyl (C=O) groups is 3. The van der Waals surface area contributed by atoms with Crippen molar-refractivity contribution in [1.82, 2.24) is 24.3 Å². The highest BCUT2D eigenvalue weighted by atomic mass is 16.6. The molecule has 10 nitrogen and oxygen atoms in total. The van der Waals surface area contributed by atoms with Crippen LogP contribution < -0.4 is 11.0 Å². The first kappa shape index (κ1) is 25.5. The van der Waals surface area contributed by atoms with Crippen LogP contribution in [0.15, 0.2) is 23.0 Å². The van der Waals surface area contributed by atoms with Crippen LogP contribution in [0.3, 0.4) is 0 Å². The highest BCUT2D eigenvalue weighted by Gasteiger charge is 2.47. The van der Waals surface area contributed by atoms with E-state index in [1.165, 1.54) is 4.57 Å². The Bertz CT molecular complexity index is 1290. The van der Waals surface area contributed by atoms with Gasteiger partial charge >= 0.3 is 11.8 Å². The number of likely N-dealkylation sites (tertiary alicyclic amines) is 2. The second-order valence-corrected chi connectivity index (χ2v) is 11.9. The Balaban J connectivity index is 1.18. The van der Waals surface area contributed by atoms with Crippen LogP contribution in [0.4, 0.5) is 4.79 Å². The number of fused-ring (bicyclic) bond motifs is 1. The summed E-state index contributed by atoms with van der Waals surface area (Å²) in [7, 11) is 1.72. The van der Waals surface area contributed by atoms with Crippen molar-refractivity contribution in [2.24, 2.45) is 12.5 Å². The van der Waals surface area contributed by atoms with Gasteiger partial charge in [0.1, 0.15) is 11.6 Å². The maximum Gasteiger partial charge on any atom is 0.410 e. The molecule has 0 bridgehead atoms. The number of hydrogen-bond acceptors (Lipinski definition) is 6. The molecule has 3 fully saturated rings. The van der Waals surface area contributed by atoms with Gasteiger partial charge in [0.05, 0.1) is 11.0 Å². The number of hydrogen-bond donors (Lipinski definition) is 1. The zero-order chi connectivity index (χ0) is 26.5. The summed E-state index contributed by atoms with van der Waals surface area (Å²) < 4.78 is 8.60. The number of benzene rings is 1. The van der Waals surface area contributed by atoms with Crippen LogP contribution in [0, 0.1) is 5.41 Å². The first-order valence-corrected chi connectivity index (χ1v) is 13.2. The summed E-state index contributed by atoms with van der Waals surface area (Å²) >= 11 is 0. The molecule has 1 aromatic heterocycles. The van der Waals surface area contributed by atoms with Crippen LogP contribution in [0.25, 0.3) is 11.0 Å². The summed E-state index contributed by atoms with van der Waals surface area (Å²) in [6, 6.07) is 5.31. The van der Waals surface area contributed by atoms with Crippen molar-refractivity contribution in [3.8, 4) is 0 Å². The number of ether oxygens (including phenoxy) is 1. The van der Waals surface area contributed by atoms with Gasteiger partial charge in [-0.1, -0.05) is 6.07 Å². The molecule has 1 unspecified atom stereocenters. The first-order valence-electron chi connectivity index (χ1n) is 13.2. The van der Waals surface area contributed by atoms with E-state index in [0.29, 0.717) is 11.9 Å². The number of imidazole rings is 1. The molecule has 2 aromatic rings. The van der Waals surface area contributed by atoms with E-state index in [2.05, 4.69) is 10.2 Å². The van der Waals surface area contributed by atoms with Gasteiger partial charge in [0.15, 0.2) is 0 Å². The second kappa shape index (κ2) is 9.31. The van der Waals surface area contributed by atoms with Gasteiger partial charge < -0.3 is 14.5 Å². The normalized spacial score (nSPS) is 22.3.